The van der Waals surface area contributed by atoms with E-state index in [1.807, 2.05) is 7.05 Å². The molecule has 0 aliphatic carbocycles. The molecule has 88 valence electrons. The number of aromatic amines is 1. The molecule has 1 aliphatic heterocycles. The number of rotatable bonds is 2. The quantitative estimate of drug-likeness (QED) is 0.689. The average molecular weight is 224 g/mol. The third-order valence-corrected chi connectivity index (χ3v) is 2.69. The predicted octanol–water partition coefficient (Wildman–Crippen LogP) is -0.768. The van der Waals surface area contributed by atoms with Gasteiger partial charge in [0.25, 0.3) is 5.56 Å². The Morgan fingerprint density at radius 3 is 3.19 bits per heavy atom. The summed E-state index contributed by atoms with van der Waals surface area (Å²) >= 11 is 0. The van der Waals surface area contributed by atoms with Gasteiger partial charge in [-0.15, -0.1) is 0 Å². The van der Waals surface area contributed by atoms with Crippen molar-refractivity contribution in [1.29, 1.82) is 0 Å². The predicted molar refractivity (Wildman–Crippen MR) is 58.9 cm³/mol. The fourth-order valence-corrected chi connectivity index (χ4v) is 1.69. The van der Waals surface area contributed by atoms with E-state index in [0.29, 0.717) is 18.0 Å². The monoisotopic (exact) mass is 224 g/mol. The minimum atomic E-state index is -0.177. The van der Waals surface area contributed by atoms with Gasteiger partial charge in [0.1, 0.15) is 11.9 Å². The van der Waals surface area contributed by atoms with Gasteiger partial charge < -0.3 is 20.4 Å². The van der Waals surface area contributed by atoms with Crippen molar-refractivity contribution in [3.8, 4) is 0 Å². The number of H-pyrrole nitrogens is 1. The number of ether oxygens (including phenoxy) is 1. The van der Waals surface area contributed by atoms with Crippen molar-refractivity contribution in [1.82, 2.24) is 14.9 Å². The molecule has 6 heteroatoms. The van der Waals surface area contributed by atoms with Gasteiger partial charge in [-0.05, 0) is 7.05 Å². The fourth-order valence-electron chi connectivity index (χ4n) is 1.69. The molecule has 1 aromatic heterocycles. The molecule has 1 atom stereocenters. The summed E-state index contributed by atoms with van der Waals surface area (Å²) in [7, 11) is 2.02. The number of aromatic nitrogens is 2. The molecule has 1 unspecified atom stereocenters. The number of likely N-dealkylation sites (N-methyl/N-ethyl adjacent to an activating group) is 1. The molecular formula is C10H16N4O2. The zero-order valence-electron chi connectivity index (χ0n) is 9.27. The minimum absolute atomic E-state index is 0.154. The summed E-state index contributed by atoms with van der Waals surface area (Å²) in [5.74, 6) is 0.578. The molecule has 1 fully saturated rings. The summed E-state index contributed by atoms with van der Waals surface area (Å²) in [6.07, 6.45) is 1.37. The lowest BCUT2D eigenvalue weighted by molar-refractivity contribution is -0.0256. The maximum atomic E-state index is 11.6. The van der Waals surface area contributed by atoms with E-state index in [1.165, 1.54) is 6.20 Å². The molecule has 6 nitrogen and oxygen atoms in total. The van der Waals surface area contributed by atoms with Crippen LogP contribution in [-0.4, -0.2) is 41.6 Å². The van der Waals surface area contributed by atoms with Crippen LogP contribution in [0.2, 0.25) is 0 Å². The molecule has 0 bridgehead atoms. The van der Waals surface area contributed by atoms with Crippen molar-refractivity contribution < 1.29 is 4.74 Å². The first-order valence-corrected chi connectivity index (χ1v) is 5.29. The van der Waals surface area contributed by atoms with Crippen LogP contribution in [0.15, 0.2) is 11.0 Å². The van der Waals surface area contributed by atoms with Crippen LogP contribution in [0.3, 0.4) is 0 Å². The number of morpholine rings is 1. The lowest BCUT2D eigenvalue weighted by Gasteiger charge is -2.29. The van der Waals surface area contributed by atoms with Crippen molar-refractivity contribution in [3.05, 3.63) is 27.9 Å². The Kier molecular flexibility index (Phi) is 3.33. The van der Waals surface area contributed by atoms with Gasteiger partial charge in [-0.2, -0.15) is 0 Å². The number of hydrogen-bond donors (Lipinski definition) is 2. The molecule has 2 rings (SSSR count). The molecule has 3 N–H and O–H groups in total. The Labute approximate surface area is 93.4 Å². The normalized spacial score (nSPS) is 22.2. The van der Waals surface area contributed by atoms with Gasteiger partial charge in [-0.3, -0.25) is 4.79 Å². The van der Waals surface area contributed by atoms with Crippen LogP contribution >= 0.6 is 0 Å². The lowest BCUT2D eigenvalue weighted by atomic mass is 10.2. The second-order valence-corrected chi connectivity index (χ2v) is 3.95. The van der Waals surface area contributed by atoms with E-state index in [4.69, 9.17) is 10.5 Å². The minimum Gasteiger partial charge on any atom is -0.368 e. The van der Waals surface area contributed by atoms with Crippen molar-refractivity contribution in [3.63, 3.8) is 0 Å². The maximum Gasteiger partial charge on any atom is 0.255 e. The van der Waals surface area contributed by atoms with Crippen molar-refractivity contribution in [2.75, 3.05) is 26.7 Å². The van der Waals surface area contributed by atoms with E-state index in [9.17, 15) is 4.79 Å². The van der Waals surface area contributed by atoms with Crippen LogP contribution in [0.25, 0.3) is 0 Å². The first-order valence-electron chi connectivity index (χ1n) is 5.29. The van der Waals surface area contributed by atoms with E-state index in [2.05, 4.69) is 14.9 Å². The summed E-state index contributed by atoms with van der Waals surface area (Å²) in [4.78, 5) is 20.6. The first-order chi connectivity index (χ1) is 7.70. The Hall–Kier alpha value is -1.24. The molecule has 16 heavy (non-hydrogen) atoms. The summed E-state index contributed by atoms with van der Waals surface area (Å²) in [6, 6.07) is 0. The van der Waals surface area contributed by atoms with E-state index in [0.717, 1.165) is 13.1 Å². The number of hydrogen-bond acceptors (Lipinski definition) is 5. The summed E-state index contributed by atoms with van der Waals surface area (Å²) in [5.41, 5.74) is 5.72. The molecule has 1 saturated heterocycles. The second-order valence-electron chi connectivity index (χ2n) is 3.95. The fraction of sp³-hybridized carbons (Fsp3) is 0.600. The SMILES string of the molecule is CN1CCOC(c2ncc(CN)c(=O)[nH]2)C1. The Morgan fingerprint density at radius 2 is 2.56 bits per heavy atom. The van der Waals surface area contributed by atoms with Gasteiger partial charge in [-0.25, -0.2) is 4.98 Å². The molecule has 1 aliphatic rings. The molecule has 0 spiro atoms. The van der Waals surface area contributed by atoms with Crippen molar-refractivity contribution in [2.24, 2.45) is 5.73 Å². The third-order valence-electron chi connectivity index (χ3n) is 2.69. The average Bonchev–Trinajstić information content (AvgIpc) is 2.29. The Balaban J connectivity index is 2.20. The van der Waals surface area contributed by atoms with Crippen LogP contribution in [0.5, 0.6) is 0 Å². The van der Waals surface area contributed by atoms with Crippen LogP contribution in [0, 0.1) is 0 Å². The van der Waals surface area contributed by atoms with Gasteiger partial charge in [-0.1, -0.05) is 0 Å². The topological polar surface area (TPSA) is 84.2 Å². The molecule has 1 aromatic rings. The molecule has 0 saturated carbocycles. The van der Waals surface area contributed by atoms with Crippen LogP contribution in [0.4, 0.5) is 0 Å². The zero-order chi connectivity index (χ0) is 11.5. The Bertz CT molecular complexity index is 418. The van der Waals surface area contributed by atoms with Gasteiger partial charge in [0.05, 0.1) is 6.61 Å². The summed E-state index contributed by atoms with van der Waals surface area (Å²) in [6.45, 7) is 2.50. The molecule has 0 radical (unpaired) electrons. The number of nitrogens with zero attached hydrogens (tertiary/aromatic N) is 2. The second kappa shape index (κ2) is 4.73. The van der Waals surface area contributed by atoms with Crippen molar-refractivity contribution in [2.45, 2.75) is 12.6 Å². The molecular weight excluding hydrogens is 208 g/mol. The van der Waals surface area contributed by atoms with E-state index < -0.39 is 0 Å². The Morgan fingerprint density at radius 1 is 1.75 bits per heavy atom. The van der Waals surface area contributed by atoms with Crippen LogP contribution in [0.1, 0.15) is 17.5 Å². The van der Waals surface area contributed by atoms with Crippen LogP contribution < -0.4 is 11.3 Å². The van der Waals surface area contributed by atoms with Crippen molar-refractivity contribution >= 4 is 0 Å². The highest BCUT2D eigenvalue weighted by Gasteiger charge is 2.21. The molecule has 0 aromatic carbocycles. The van der Waals surface area contributed by atoms with Gasteiger partial charge in [0.2, 0.25) is 0 Å². The third kappa shape index (κ3) is 2.29. The van der Waals surface area contributed by atoms with E-state index in [-0.39, 0.29) is 18.2 Å². The van der Waals surface area contributed by atoms with E-state index in [1.54, 1.807) is 0 Å². The molecule has 2 heterocycles. The first kappa shape index (κ1) is 11.3. The van der Waals surface area contributed by atoms with Crippen LogP contribution in [-0.2, 0) is 11.3 Å². The highest BCUT2D eigenvalue weighted by atomic mass is 16.5. The van der Waals surface area contributed by atoms with Gasteiger partial charge in [0, 0.05) is 31.4 Å². The largest absolute Gasteiger partial charge is 0.368 e. The zero-order valence-corrected chi connectivity index (χ0v) is 9.27. The summed E-state index contributed by atoms with van der Waals surface area (Å²) in [5, 5.41) is 0. The summed E-state index contributed by atoms with van der Waals surface area (Å²) < 4.78 is 5.56. The molecule has 0 amide bonds. The van der Waals surface area contributed by atoms with Gasteiger partial charge >= 0.3 is 0 Å². The maximum absolute atomic E-state index is 11.6. The standard InChI is InChI=1S/C10H16N4O2/c1-14-2-3-16-8(6-14)9-12-5-7(4-11)10(15)13-9/h5,8H,2-4,6,11H2,1H3,(H,12,13,15). The van der Waals surface area contributed by atoms with Gasteiger partial charge in [0.15, 0.2) is 0 Å². The van der Waals surface area contributed by atoms with E-state index >= 15 is 0 Å². The highest BCUT2D eigenvalue weighted by molar-refractivity contribution is 5.07. The highest BCUT2D eigenvalue weighted by Crippen LogP contribution is 2.16. The number of nitrogens with two attached hydrogens (primary N) is 1. The number of nitrogens with one attached hydrogen (secondary N) is 1. The lowest BCUT2D eigenvalue weighted by Crippen LogP contribution is -2.36. The smallest absolute Gasteiger partial charge is 0.255 e.